The van der Waals surface area contributed by atoms with Crippen molar-refractivity contribution in [2.75, 3.05) is 19.0 Å². The molecule has 1 saturated heterocycles. The van der Waals surface area contributed by atoms with Crippen LogP contribution in [0.4, 0.5) is 5.95 Å². The zero-order valence-corrected chi connectivity index (χ0v) is 10.00. The topological polar surface area (TPSA) is 93.6 Å². The van der Waals surface area contributed by atoms with Gasteiger partial charge in [-0.1, -0.05) is 0 Å². The van der Waals surface area contributed by atoms with Gasteiger partial charge in [-0.05, 0) is 12.8 Å². The van der Waals surface area contributed by atoms with Crippen LogP contribution >= 0.6 is 0 Å². The second-order valence-corrected chi connectivity index (χ2v) is 3.97. The lowest BCUT2D eigenvalue weighted by molar-refractivity contribution is -0.149. The largest absolute Gasteiger partial charge is 0.481 e. The fourth-order valence-electron chi connectivity index (χ4n) is 1.78. The third kappa shape index (κ3) is 3.07. The van der Waals surface area contributed by atoms with Crippen LogP contribution < -0.4 is 10.1 Å². The third-order valence-electron chi connectivity index (χ3n) is 2.71. The Labute approximate surface area is 104 Å². The number of carbonyl (C=O) groups is 1. The van der Waals surface area contributed by atoms with Crippen molar-refractivity contribution in [3.63, 3.8) is 0 Å². The van der Waals surface area contributed by atoms with Crippen LogP contribution in [0.2, 0.25) is 0 Å². The molecule has 1 aromatic rings. The molecule has 2 rings (SSSR count). The number of carboxylic acids is 1. The van der Waals surface area contributed by atoms with E-state index in [9.17, 15) is 4.79 Å². The molecular formula is C11H15N3O4. The Balaban J connectivity index is 1.83. The van der Waals surface area contributed by atoms with Gasteiger partial charge in [-0.2, -0.15) is 4.98 Å². The zero-order valence-electron chi connectivity index (χ0n) is 10.00. The van der Waals surface area contributed by atoms with Crippen LogP contribution in [0.3, 0.4) is 0 Å². The molecule has 0 radical (unpaired) electrons. The van der Waals surface area contributed by atoms with Gasteiger partial charge < -0.3 is 19.9 Å². The molecule has 7 nitrogen and oxygen atoms in total. The van der Waals surface area contributed by atoms with E-state index in [-0.39, 0.29) is 6.10 Å². The first-order valence-corrected chi connectivity index (χ1v) is 5.68. The van der Waals surface area contributed by atoms with Crippen LogP contribution in [-0.2, 0) is 9.53 Å². The first kappa shape index (κ1) is 12.6. The molecule has 0 spiro atoms. The third-order valence-corrected chi connectivity index (χ3v) is 2.71. The summed E-state index contributed by atoms with van der Waals surface area (Å²) in [4.78, 5) is 18.8. The number of ether oxygens (including phenoxy) is 2. The molecule has 0 aromatic carbocycles. The number of hydrogen-bond donors (Lipinski definition) is 2. The SMILES string of the molecule is COc1ccnc(NCC2CCC(C(=O)O)O2)n1. The second kappa shape index (κ2) is 5.63. The van der Waals surface area contributed by atoms with E-state index in [2.05, 4.69) is 15.3 Å². The first-order valence-electron chi connectivity index (χ1n) is 5.68. The highest BCUT2D eigenvalue weighted by molar-refractivity contribution is 5.72. The van der Waals surface area contributed by atoms with Crippen molar-refractivity contribution in [2.24, 2.45) is 0 Å². The van der Waals surface area contributed by atoms with E-state index in [0.29, 0.717) is 31.2 Å². The van der Waals surface area contributed by atoms with Crippen molar-refractivity contribution in [2.45, 2.75) is 25.0 Å². The zero-order chi connectivity index (χ0) is 13.0. The molecule has 0 aliphatic carbocycles. The van der Waals surface area contributed by atoms with Gasteiger partial charge in [0.2, 0.25) is 11.8 Å². The number of hydrogen-bond acceptors (Lipinski definition) is 6. The van der Waals surface area contributed by atoms with E-state index < -0.39 is 12.1 Å². The molecule has 1 aromatic heterocycles. The maximum Gasteiger partial charge on any atom is 0.332 e. The van der Waals surface area contributed by atoms with E-state index in [1.54, 1.807) is 12.3 Å². The molecule has 2 atom stereocenters. The van der Waals surface area contributed by atoms with Crippen molar-refractivity contribution in [3.05, 3.63) is 12.3 Å². The minimum Gasteiger partial charge on any atom is -0.481 e. The Morgan fingerprint density at radius 1 is 1.67 bits per heavy atom. The minimum absolute atomic E-state index is 0.124. The minimum atomic E-state index is -0.907. The van der Waals surface area contributed by atoms with Crippen LogP contribution in [0, 0.1) is 0 Å². The van der Waals surface area contributed by atoms with E-state index in [4.69, 9.17) is 14.6 Å². The van der Waals surface area contributed by atoms with Crippen LogP contribution in [0.15, 0.2) is 12.3 Å². The van der Waals surface area contributed by atoms with Gasteiger partial charge in [0.25, 0.3) is 0 Å². The summed E-state index contributed by atoms with van der Waals surface area (Å²) in [5.74, 6) is 0.00936. The molecule has 0 amide bonds. The van der Waals surface area contributed by atoms with Gasteiger partial charge in [-0.25, -0.2) is 9.78 Å². The van der Waals surface area contributed by atoms with Crippen molar-refractivity contribution >= 4 is 11.9 Å². The molecular weight excluding hydrogens is 238 g/mol. The summed E-state index contributed by atoms with van der Waals surface area (Å²) in [6.45, 7) is 0.483. The van der Waals surface area contributed by atoms with Gasteiger partial charge in [0.05, 0.1) is 13.2 Å². The van der Waals surface area contributed by atoms with E-state index in [1.807, 2.05) is 0 Å². The number of nitrogens with zero attached hydrogens (tertiary/aromatic N) is 2. The van der Waals surface area contributed by atoms with Gasteiger partial charge in [0.1, 0.15) is 0 Å². The molecule has 2 N–H and O–H groups in total. The quantitative estimate of drug-likeness (QED) is 0.790. The predicted molar refractivity (Wildman–Crippen MR) is 62.6 cm³/mol. The second-order valence-electron chi connectivity index (χ2n) is 3.97. The van der Waals surface area contributed by atoms with Crippen LogP contribution in [0.25, 0.3) is 0 Å². The standard InChI is InChI=1S/C11H15N3O4/c1-17-9-4-5-12-11(14-9)13-6-7-2-3-8(18-7)10(15)16/h4-5,7-8H,2-3,6H2,1H3,(H,15,16)(H,12,13,14). The molecule has 18 heavy (non-hydrogen) atoms. The Morgan fingerprint density at radius 2 is 2.50 bits per heavy atom. The lowest BCUT2D eigenvalue weighted by Crippen LogP contribution is -2.25. The Hall–Kier alpha value is -1.89. The van der Waals surface area contributed by atoms with Gasteiger partial charge in [-0.3, -0.25) is 0 Å². The summed E-state index contributed by atoms with van der Waals surface area (Å²) in [6, 6.07) is 1.65. The van der Waals surface area contributed by atoms with Crippen molar-refractivity contribution < 1.29 is 19.4 Å². The summed E-state index contributed by atoms with van der Waals surface area (Å²) in [7, 11) is 1.53. The molecule has 0 bridgehead atoms. The Morgan fingerprint density at radius 3 is 3.17 bits per heavy atom. The number of aliphatic carboxylic acids is 1. The highest BCUT2D eigenvalue weighted by Crippen LogP contribution is 2.20. The van der Waals surface area contributed by atoms with E-state index in [1.165, 1.54) is 7.11 Å². The summed E-state index contributed by atoms with van der Waals surface area (Å²) in [6.07, 6.45) is 2.03. The first-order chi connectivity index (χ1) is 8.69. The molecule has 1 aliphatic rings. The number of anilines is 1. The number of aromatic nitrogens is 2. The molecule has 2 unspecified atom stereocenters. The van der Waals surface area contributed by atoms with Gasteiger partial charge in [-0.15, -0.1) is 0 Å². The van der Waals surface area contributed by atoms with Crippen LogP contribution in [0.5, 0.6) is 5.88 Å². The number of nitrogens with one attached hydrogen (secondary N) is 1. The maximum absolute atomic E-state index is 10.7. The lowest BCUT2D eigenvalue weighted by Gasteiger charge is -2.12. The lowest BCUT2D eigenvalue weighted by atomic mass is 10.2. The Kier molecular flexibility index (Phi) is 3.93. The van der Waals surface area contributed by atoms with Crippen molar-refractivity contribution in [1.82, 2.24) is 9.97 Å². The maximum atomic E-state index is 10.7. The molecule has 1 fully saturated rings. The van der Waals surface area contributed by atoms with Crippen molar-refractivity contribution in [1.29, 1.82) is 0 Å². The highest BCUT2D eigenvalue weighted by Gasteiger charge is 2.30. The summed E-state index contributed by atoms with van der Waals surface area (Å²) in [5, 5.41) is 11.8. The number of methoxy groups -OCH3 is 1. The highest BCUT2D eigenvalue weighted by atomic mass is 16.5. The smallest absolute Gasteiger partial charge is 0.332 e. The predicted octanol–water partition coefficient (Wildman–Crippen LogP) is 0.529. The monoisotopic (exact) mass is 253 g/mol. The average Bonchev–Trinajstić information content (AvgIpc) is 2.85. The van der Waals surface area contributed by atoms with Gasteiger partial charge in [0, 0.05) is 18.8 Å². The summed E-state index contributed by atoms with van der Waals surface area (Å²) in [5.41, 5.74) is 0. The fraction of sp³-hybridized carbons (Fsp3) is 0.545. The van der Waals surface area contributed by atoms with E-state index in [0.717, 1.165) is 0 Å². The summed E-state index contributed by atoms with van der Waals surface area (Å²) < 4.78 is 10.3. The molecule has 98 valence electrons. The van der Waals surface area contributed by atoms with Crippen LogP contribution in [0.1, 0.15) is 12.8 Å². The normalized spacial score (nSPS) is 22.7. The number of carboxylic acid groups (broad SMARTS) is 1. The molecule has 0 saturated carbocycles. The van der Waals surface area contributed by atoms with Crippen LogP contribution in [-0.4, -0.2) is 46.9 Å². The van der Waals surface area contributed by atoms with Gasteiger partial charge in [0.15, 0.2) is 6.10 Å². The average molecular weight is 253 g/mol. The molecule has 1 aliphatic heterocycles. The van der Waals surface area contributed by atoms with Crippen molar-refractivity contribution in [3.8, 4) is 5.88 Å². The number of rotatable bonds is 5. The van der Waals surface area contributed by atoms with E-state index >= 15 is 0 Å². The van der Waals surface area contributed by atoms with Gasteiger partial charge >= 0.3 is 5.97 Å². The Bertz CT molecular complexity index is 427. The summed E-state index contributed by atoms with van der Waals surface area (Å²) >= 11 is 0. The molecule has 7 heteroatoms. The fourth-order valence-corrected chi connectivity index (χ4v) is 1.78. The molecule has 2 heterocycles.